The van der Waals surface area contributed by atoms with E-state index in [1.54, 1.807) is 6.07 Å². The lowest BCUT2D eigenvalue weighted by Crippen LogP contribution is -2.15. The Hall–Kier alpha value is -2.11. The molecule has 1 aromatic rings. The molecule has 0 fully saturated rings. The third-order valence-corrected chi connectivity index (χ3v) is 3.71. The number of nitrogens with two attached hydrogens (primary N) is 1. The van der Waals surface area contributed by atoms with Crippen LogP contribution in [0.4, 0.5) is 4.39 Å². The molecule has 0 saturated heterocycles. The van der Waals surface area contributed by atoms with Crippen molar-refractivity contribution in [1.29, 1.82) is 0 Å². The Morgan fingerprint density at radius 2 is 1.96 bits per heavy atom. The van der Waals surface area contributed by atoms with Crippen LogP contribution in [0.2, 0.25) is 0 Å². The number of hydrogen-bond donors (Lipinski definition) is 2. The maximum absolute atomic E-state index is 13.7. The Labute approximate surface area is 142 Å². The number of aliphatic carboxylic acids is 1. The fourth-order valence-corrected chi connectivity index (χ4v) is 2.34. The van der Waals surface area contributed by atoms with Crippen molar-refractivity contribution in [2.45, 2.75) is 51.9 Å². The van der Waals surface area contributed by atoms with Crippen LogP contribution in [-0.4, -0.2) is 23.6 Å². The quantitative estimate of drug-likeness (QED) is 0.572. The minimum absolute atomic E-state index is 0.153. The van der Waals surface area contributed by atoms with E-state index < -0.39 is 5.97 Å². The monoisotopic (exact) mass is 339 g/mol. The van der Waals surface area contributed by atoms with Crippen molar-refractivity contribution in [1.82, 2.24) is 0 Å². The van der Waals surface area contributed by atoms with Crippen molar-refractivity contribution in [3.05, 3.63) is 29.6 Å². The number of aryl methyl sites for hydroxylation is 1. The fraction of sp³-hybridized carbons (Fsp3) is 0.556. The normalized spacial score (nSPS) is 11.9. The van der Waals surface area contributed by atoms with Gasteiger partial charge in [0.05, 0.1) is 6.61 Å². The highest BCUT2D eigenvalue weighted by atomic mass is 19.1. The maximum atomic E-state index is 13.7. The number of ether oxygens (including phenoxy) is 1. The zero-order valence-electron chi connectivity index (χ0n) is 14.1. The number of carboxylic acid groups (broad SMARTS) is 1. The van der Waals surface area contributed by atoms with Gasteiger partial charge in [0.2, 0.25) is 5.91 Å². The van der Waals surface area contributed by atoms with E-state index in [9.17, 15) is 14.0 Å². The van der Waals surface area contributed by atoms with E-state index in [4.69, 9.17) is 15.6 Å². The molecule has 134 valence electrons. The molecule has 6 heteroatoms. The topological polar surface area (TPSA) is 89.6 Å². The van der Waals surface area contributed by atoms with Crippen molar-refractivity contribution >= 4 is 11.9 Å². The minimum Gasteiger partial charge on any atom is -0.493 e. The summed E-state index contributed by atoms with van der Waals surface area (Å²) in [4.78, 5) is 21.2. The lowest BCUT2D eigenvalue weighted by Gasteiger charge is -2.13. The van der Waals surface area contributed by atoms with Gasteiger partial charge in [-0.15, -0.1) is 0 Å². The first-order valence-corrected chi connectivity index (χ1v) is 8.29. The third-order valence-electron chi connectivity index (χ3n) is 3.71. The molecule has 0 aliphatic rings. The SMILES string of the molecule is C[C@@H](CCC(N)=O)COc1cc(F)cc(CCCCCC(=O)O)c1. The van der Waals surface area contributed by atoms with Crippen molar-refractivity contribution in [3.63, 3.8) is 0 Å². The standard InChI is InChI=1S/C18H26FNO4/c1-13(7-8-17(20)21)12-24-16-10-14(9-15(19)11-16)5-3-2-4-6-18(22)23/h9-11,13H,2-8,12H2,1H3,(H2,20,21)(H,22,23)/t13-/m0/s1. The lowest BCUT2D eigenvalue weighted by atomic mass is 10.1. The van der Waals surface area contributed by atoms with Crippen LogP contribution in [0.1, 0.15) is 51.0 Å². The Kier molecular flexibility index (Phi) is 8.83. The van der Waals surface area contributed by atoms with E-state index in [0.717, 1.165) is 18.4 Å². The highest BCUT2D eigenvalue weighted by Gasteiger charge is 2.08. The van der Waals surface area contributed by atoms with Gasteiger partial charge >= 0.3 is 5.97 Å². The molecule has 0 saturated carbocycles. The van der Waals surface area contributed by atoms with Crippen LogP contribution in [0, 0.1) is 11.7 Å². The van der Waals surface area contributed by atoms with E-state index in [-0.39, 0.29) is 24.1 Å². The number of rotatable bonds is 12. The molecule has 0 aliphatic carbocycles. The summed E-state index contributed by atoms with van der Waals surface area (Å²) in [5.74, 6) is -0.848. The number of carbonyl (C=O) groups excluding carboxylic acids is 1. The molecule has 0 unspecified atom stereocenters. The van der Waals surface area contributed by atoms with Crippen molar-refractivity contribution in [3.8, 4) is 5.75 Å². The first kappa shape index (κ1) is 19.9. The first-order valence-electron chi connectivity index (χ1n) is 8.29. The number of unbranched alkanes of at least 4 members (excludes halogenated alkanes) is 2. The van der Waals surface area contributed by atoms with Crippen LogP contribution in [0.3, 0.4) is 0 Å². The highest BCUT2D eigenvalue weighted by Crippen LogP contribution is 2.20. The number of amides is 1. The molecule has 5 nitrogen and oxygen atoms in total. The zero-order valence-corrected chi connectivity index (χ0v) is 14.1. The van der Waals surface area contributed by atoms with Crippen LogP contribution in [0.15, 0.2) is 18.2 Å². The second kappa shape index (κ2) is 10.6. The molecule has 24 heavy (non-hydrogen) atoms. The van der Waals surface area contributed by atoms with Crippen LogP contribution in [0.25, 0.3) is 0 Å². The van der Waals surface area contributed by atoms with E-state index in [2.05, 4.69) is 0 Å². The molecule has 0 heterocycles. The van der Waals surface area contributed by atoms with Gasteiger partial charge in [0, 0.05) is 18.9 Å². The summed E-state index contributed by atoms with van der Waals surface area (Å²) in [7, 11) is 0. The number of halogens is 1. The Morgan fingerprint density at radius 3 is 2.62 bits per heavy atom. The average Bonchev–Trinajstić information content (AvgIpc) is 2.49. The average molecular weight is 339 g/mol. The summed E-state index contributed by atoms with van der Waals surface area (Å²) in [6.45, 7) is 2.35. The molecule has 0 spiro atoms. The molecular weight excluding hydrogens is 313 g/mol. The van der Waals surface area contributed by atoms with Crippen LogP contribution in [0.5, 0.6) is 5.75 Å². The fourth-order valence-electron chi connectivity index (χ4n) is 2.34. The highest BCUT2D eigenvalue weighted by molar-refractivity contribution is 5.73. The molecular formula is C18H26FNO4. The van der Waals surface area contributed by atoms with Gasteiger partial charge in [0.1, 0.15) is 11.6 Å². The van der Waals surface area contributed by atoms with Gasteiger partial charge < -0.3 is 15.6 Å². The van der Waals surface area contributed by atoms with E-state index in [0.29, 0.717) is 38.0 Å². The number of primary amides is 1. The van der Waals surface area contributed by atoms with Gasteiger partial charge in [0.15, 0.2) is 0 Å². The van der Waals surface area contributed by atoms with E-state index >= 15 is 0 Å². The molecule has 1 aromatic carbocycles. The summed E-state index contributed by atoms with van der Waals surface area (Å²) in [5, 5.41) is 8.58. The summed E-state index contributed by atoms with van der Waals surface area (Å²) < 4.78 is 19.3. The van der Waals surface area contributed by atoms with E-state index in [1.165, 1.54) is 12.1 Å². The smallest absolute Gasteiger partial charge is 0.303 e. The predicted molar refractivity (Wildman–Crippen MR) is 89.3 cm³/mol. The molecule has 3 N–H and O–H groups in total. The minimum atomic E-state index is -0.790. The molecule has 1 atom stereocenters. The van der Waals surface area contributed by atoms with E-state index in [1.807, 2.05) is 6.92 Å². The summed E-state index contributed by atoms with van der Waals surface area (Å²) >= 11 is 0. The Morgan fingerprint density at radius 1 is 1.21 bits per heavy atom. The van der Waals surface area contributed by atoms with Crippen LogP contribution in [-0.2, 0) is 16.0 Å². The zero-order chi connectivity index (χ0) is 17.9. The number of carboxylic acids is 1. The van der Waals surface area contributed by atoms with Gasteiger partial charge in [-0.1, -0.05) is 13.3 Å². The van der Waals surface area contributed by atoms with Crippen LogP contribution < -0.4 is 10.5 Å². The molecule has 0 aliphatic heterocycles. The van der Waals surface area contributed by atoms with Crippen LogP contribution >= 0.6 is 0 Å². The van der Waals surface area contributed by atoms with Crippen molar-refractivity contribution in [2.75, 3.05) is 6.61 Å². The third kappa shape index (κ3) is 9.12. The number of benzene rings is 1. The largest absolute Gasteiger partial charge is 0.493 e. The molecule has 0 aromatic heterocycles. The van der Waals surface area contributed by atoms with Crippen molar-refractivity contribution < 1.29 is 23.8 Å². The first-order chi connectivity index (χ1) is 11.4. The summed E-state index contributed by atoms with van der Waals surface area (Å²) in [5.41, 5.74) is 5.95. The predicted octanol–water partition coefficient (Wildman–Crippen LogP) is 3.29. The molecule has 1 rings (SSSR count). The van der Waals surface area contributed by atoms with Gasteiger partial charge in [-0.2, -0.15) is 0 Å². The maximum Gasteiger partial charge on any atom is 0.303 e. The lowest BCUT2D eigenvalue weighted by molar-refractivity contribution is -0.137. The van der Waals surface area contributed by atoms with Crippen molar-refractivity contribution in [2.24, 2.45) is 11.7 Å². The molecule has 0 bridgehead atoms. The summed E-state index contributed by atoms with van der Waals surface area (Å²) in [6.07, 6.45) is 4.04. The second-order valence-electron chi connectivity index (χ2n) is 6.17. The molecule has 1 amide bonds. The van der Waals surface area contributed by atoms with Gasteiger partial charge in [0.25, 0.3) is 0 Å². The second-order valence-corrected chi connectivity index (χ2v) is 6.17. The Bertz CT molecular complexity index is 548. The Balaban J connectivity index is 2.41. The van der Waals surface area contributed by atoms with Gasteiger partial charge in [-0.3, -0.25) is 9.59 Å². The van der Waals surface area contributed by atoms with Gasteiger partial charge in [-0.05, 0) is 49.3 Å². The van der Waals surface area contributed by atoms with Gasteiger partial charge in [-0.25, -0.2) is 4.39 Å². The summed E-state index contributed by atoms with van der Waals surface area (Å²) in [6, 6.07) is 4.62. The number of hydrogen-bond acceptors (Lipinski definition) is 3. The number of carbonyl (C=O) groups is 2. The molecule has 0 radical (unpaired) electrons.